The summed E-state index contributed by atoms with van der Waals surface area (Å²) in [6.07, 6.45) is 6.82. The van der Waals surface area contributed by atoms with Crippen LogP contribution in [0.2, 0.25) is 0 Å². The second-order valence-corrected chi connectivity index (χ2v) is 8.46. The number of aromatic nitrogens is 5. The topological polar surface area (TPSA) is 110 Å². The summed E-state index contributed by atoms with van der Waals surface area (Å²) in [5.74, 6) is 0.371. The number of nitrogens with one attached hydrogen (secondary N) is 2. The fraction of sp³-hybridized carbons (Fsp3) is 0.348. The number of nitrogens with zero attached hydrogens (tertiary/aromatic N) is 6. The second kappa shape index (κ2) is 8.28. The molecule has 4 heterocycles. The van der Waals surface area contributed by atoms with Crippen molar-refractivity contribution in [1.82, 2.24) is 29.7 Å². The van der Waals surface area contributed by atoms with E-state index in [4.69, 9.17) is 4.74 Å². The molecule has 2 unspecified atom stereocenters. The zero-order valence-corrected chi connectivity index (χ0v) is 19.0. The predicted molar refractivity (Wildman–Crippen MR) is 126 cm³/mol. The maximum Gasteiger partial charge on any atom is 0.260 e. The molecular formula is C23H26N8O2. The van der Waals surface area contributed by atoms with Gasteiger partial charge in [-0.2, -0.15) is 4.98 Å². The highest BCUT2D eigenvalue weighted by atomic mass is 16.5. The quantitative estimate of drug-likeness (QED) is 0.492. The Bertz CT molecular complexity index is 1340. The first-order chi connectivity index (χ1) is 15.9. The van der Waals surface area contributed by atoms with E-state index < -0.39 is 0 Å². The van der Waals surface area contributed by atoms with E-state index in [1.165, 1.54) is 7.11 Å². The fourth-order valence-electron chi connectivity index (χ4n) is 4.48. The van der Waals surface area contributed by atoms with Crippen molar-refractivity contribution in [3.05, 3.63) is 48.2 Å². The van der Waals surface area contributed by atoms with Crippen molar-refractivity contribution in [3.63, 3.8) is 0 Å². The molecule has 1 fully saturated rings. The number of piperazine rings is 1. The summed E-state index contributed by atoms with van der Waals surface area (Å²) in [5.41, 5.74) is 4.08. The van der Waals surface area contributed by atoms with E-state index in [2.05, 4.69) is 49.3 Å². The van der Waals surface area contributed by atoms with E-state index in [1.807, 2.05) is 19.2 Å². The zero-order valence-electron chi connectivity index (χ0n) is 19.0. The number of hydrogen-bond donors (Lipinski definition) is 2. The smallest absolute Gasteiger partial charge is 0.260 e. The van der Waals surface area contributed by atoms with Gasteiger partial charge in [0.05, 0.1) is 30.3 Å². The van der Waals surface area contributed by atoms with E-state index in [1.54, 1.807) is 29.1 Å². The number of hydrogen-bond acceptors (Lipinski definition) is 8. The normalized spacial score (nSPS) is 18.6. The summed E-state index contributed by atoms with van der Waals surface area (Å²) < 4.78 is 7.14. The van der Waals surface area contributed by atoms with Gasteiger partial charge in [0.1, 0.15) is 11.0 Å². The van der Waals surface area contributed by atoms with Gasteiger partial charge >= 0.3 is 0 Å². The number of anilines is 2. The van der Waals surface area contributed by atoms with E-state index in [-0.39, 0.29) is 5.91 Å². The molecule has 1 aliphatic rings. The molecule has 1 aromatic carbocycles. The molecule has 3 aromatic heterocycles. The van der Waals surface area contributed by atoms with Crippen molar-refractivity contribution in [3.8, 4) is 5.88 Å². The highest BCUT2D eigenvalue weighted by Gasteiger charge is 2.25. The van der Waals surface area contributed by atoms with Crippen molar-refractivity contribution < 1.29 is 9.53 Å². The van der Waals surface area contributed by atoms with E-state index >= 15 is 0 Å². The number of amides is 1. The zero-order chi connectivity index (χ0) is 23.1. The van der Waals surface area contributed by atoms with Crippen LogP contribution in [0.5, 0.6) is 5.88 Å². The van der Waals surface area contributed by atoms with Crippen LogP contribution in [-0.4, -0.2) is 62.5 Å². The van der Waals surface area contributed by atoms with Gasteiger partial charge in [0.15, 0.2) is 5.82 Å². The summed E-state index contributed by atoms with van der Waals surface area (Å²) in [5, 5.41) is 6.41. The molecular weight excluding hydrogens is 420 g/mol. The summed E-state index contributed by atoms with van der Waals surface area (Å²) in [6.45, 7) is 7.93. The lowest BCUT2D eigenvalue weighted by Crippen LogP contribution is -2.54. The number of methoxy groups -OCH3 is 1. The summed E-state index contributed by atoms with van der Waals surface area (Å²) in [6, 6.07) is 4.46. The fourth-order valence-corrected chi connectivity index (χ4v) is 4.48. The van der Waals surface area contributed by atoms with Crippen LogP contribution in [0, 0.1) is 6.92 Å². The Balaban J connectivity index is 1.50. The predicted octanol–water partition coefficient (Wildman–Crippen LogP) is 2.43. The lowest BCUT2D eigenvalue weighted by Gasteiger charge is -2.38. The van der Waals surface area contributed by atoms with Gasteiger partial charge in [-0.15, -0.1) is 0 Å². The van der Waals surface area contributed by atoms with Gasteiger partial charge < -0.3 is 20.3 Å². The highest BCUT2D eigenvalue weighted by molar-refractivity contribution is 6.12. The molecule has 4 aromatic rings. The van der Waals surface area contributed by atoms with E-state index in [0.29, 0.717) is 46.0 Å². The lowest BCUT2D eigenvalue weighted by molar-refractivity contribution is 0.102. The van der Waals surface area contributed by atoms with Crippen LogP contribution in [0.15, 0.2) is 36.9 Å². The SMILES string of the molecule is COc1nc(NC(=O)c2ccc(N3CC(C)NC(C)C3)c3nccnc23)cn2cc(C)nc12. The molecule has 0 spiro atoms. The van der Waals surface area contributed by atoms with Gasteiger partial charge in [-0.3, -0.25) is 19.2 Å². The number of aryl methyl sites for hydroxylation is 1. The van der Waals surface area contributed by atoms with Gasteiger partial charge in [-0.05, 0) is 32.9 Å². The summed E-state index contributed by atoms with van der Waals surface area (Å²) in [7, 11) is 1.53. The number of fused-ring (bicyclic) bond motifs is 2. The summed E-state index contributed by atoms with van der Waals surface area (Å²) >= 11 is 0. The molecule has 0 saturated carbocycles. The van der Waals surface area contributed by atoms with Crippen LogP contribution >= 0.6 is 0 Å². The molecule has 10 nitrogen and oxygen atoms in total. The first-order valence-corrected chi connectivity index (χ1v) is 10.9. The van der Waals surface area contributed by atoms with Crippen LogP contribution in [0.1, 0.15) is 29.9 Å². The van der Waals surface area contributed by atoms with Crippen LogP contribution in [0.4, 0.5) is 11.5 Å². The minimum Gasteiger partial charge on any atom is -0.478 e. The molecule has 1 amide bonds. The Kier molecular flexibility index (Phi) is 5.29. The number of benzene rings is 1. The second-order valence-electron chi connectivity index (χ2n) is 8.46. The van der Waals surface area contributed by atoms with Gasteiger partial charge in [0.2, 0.25) is 5.65 Å². The Morgan fingerprint density at radius 2 is 1.82 bits per heavy atom. The number of carbonyl (C=O) groups is 1. The minimum absolute atomic E-state index is 0.320. The molecule has 33 heavy (non-hydrogen) atoms. The van der Waals surface area contributed by atoms with E-state index in [0.717, 1.165) is 24.5 Å². The largest absolute Gasteiger partial charge is 0.478 e. The third-order valence-electron chi connectivity index (χ3n) is 5.71. The Labute approximate surface area is 191 Å². The van der Waals surface area contributed by atoms with Crippen molar-refractivity contribution in [2.75, 3.05) is 30.4 Å². The molecule has 1 saturated heterocycles. The van der Waals surface area contributed by atoms with Crippen LogP contribution in [0.25, 0.3) is 16.7 Å². The molecule has 2 atom stereocenters. The Morgan fingerprint density at radius 3 is 2.55 bits per heavy atom. The Hall–Kier alpha value is -3.79. The molecule has 0 radical (unpaired) electrons. The Morgan fingerprint density at radius 1 is 1.09 bits per heavy atom. The van der Waals surface area contributed by atoms with Gasteiger partial charge in [0, 0.05) is 43.8 Å². The van der Waals surface area contributed by atoms with Crippen LogP contribution in [0.3, 0.4) is 0 Å². The number of imidazole rings is 1. The molecule has 1 aliphatic heterocycles. The average molecular weight is 447 g/mol. The van der Waals surface area contributed by atoms with Crippen molar-refractivity contribution in [2.45, 2.75) is 32.9 Å². The highest BCUT2D eigenvalue weighted by Crippen LogP contribution is 2.29. The lowest BCUT2D eigenvalue weighted by atomic mass is 10.1. The van der Waals surface area contributed by atoms with Crippen LogP contribution < -0.4 is 20.3 Å². The number of rotatable bonds is 4. The third-order valence-corrected chi connectivity index (χ3v) is 5.71. The molecule has 2 N–H and O–H groups in total. The summed E-state index contributed by atoms with van der Waals surface area (Å²) in [4.78, 5) is 33.4. The minimum atomic E-state index is -0.320. The van der Waals surface area contributed by atoms with E-state index in [9.17, 15) is 4.79 Å². The number of ether oxygens (including phenoxy) is 1. The van der Waals surface area contributed by atoms with Crippen molar-refractivity contribution in [2.24, 2.45) is 0 Å². The first-order valence-electron chi connectivity index (χ1n) is 10.9. The average Bonchev–Trinajstić information content (AvgIpc) is 3.17. The first kappa shape index (κ1) is 21.1. The molecule has 0 bridgehead atoms. The van der Waals surface area contributed by atoms with Gasteiger partial charge in [-0.1, -0.05) is 0 Å². The van der Waals surface area contributed by atoms with Gasteiger partial charge in [-0.25, -0.2) is 4.98 Å². The van der Waals surface area contributed by atoms with Crippen molar-refractivity contribution >= 4 is 34.1 Å². The molecule has 0 aliphatic carbocycles. The number of carbonyl (C=O) groups excluding carboxylic acids is 1. The molecule has 5 rings (SSSR count). The molecule has 170 valence electrons. The maximum atomic E-state index is 13.3. The maximum absolute atomic E-state index is 13.3. The standard InChI is InChI=1S/C23H26N8O2/c1-13-9-30(10-14(2)26-13)17-6-5-16(19-20(17)25-8-7-24-19)22(32)28-18-12-31-11-15(3)27-21(31)23(29-18)33-4/h5-8,11-14,26H,9-10H2,1-4H3,(H,28,32). The monoisotopic (exact) mass is 446 g/mol. The van der Waals surface area contributed by atoms with Gasteiger partial charge in [0.25, 0.3) is 11.8 Å². The van der Waals surface area contributed by atoms with Crippen LogP contribution in [-0.2, 0) is 0 Å². The third kappa shape index (κ3) is 3.93. The van der Waals surface area contributed by atoms with Crippen molar-refractivity contribution in [1.29, 1.82) is 0 Å². The molecule has 10 heteroatoms.